The van der Waals surface area contributed by atoms with Crippen LogP contribution in [0.3, 0.4) is 0 Å². The molecule has 0 bridgehead atoms. The number of hydrogen-bond acceptors (Lipinski definition) is 7. The first kappa shape index (κ1) is 31.7. The Morgan fingerprint density at radius 1 is 1.16 bits per heavy atom. The second-order valence-electron chi connectivity index (χ2n) is 11.5. The van der Waals surface area contributed by atoms with Crippen molar-refractivity contribution in [1.29, 1.82) is 0 Å². The van der Waals surface area contributed by atoms with Gasteiger partial charge in [0.2, 0.25) is 5.91 Å². The van der Waals surface area contributed by atoms with Crippen molar-refractivity contribution in [3.8, 4) is 5.75 Å². The average Bonchev–Trinajstić information content (AvgIpc) is 3.31. The quantitative estimate of drug-likeness (QED) is 0.267. The molecule has 3 atom stereocenters. The van der Waals surface area contributed by atoms with Crippen molar-refractivity contribution in [2.75, 3.05) is 26.7 Å². The summed E-state index contributed by atoms with van der Waals surface area (Å²) in [6.07, 6.45) is -0.101. The van der Waals surface area contributed by atoms with E-state index in [1.165, 1.54) is 7.05 Å². The molecule has 0 saturated heterocycles. The van der Waals surface area contributed by atoms with Crippen molar-refractivity contribution in [3.63, 3.8) is 0 Å². The minimum Gasteiger partial charge on any atom is -0.487 e. The predicted molar refractivity (Wildman–Crippen MR) is 161 cm³/mol. The van der Waals surface area contributed by atoms with E-state index < -0.39 is 42.6 Å². The summed E-state index contributed by atoms with van der Waals surface area (Å²) in [5.41, 5.74) is 8.12. The van der Waals surface area contributed by atoms with E-state index in [4.69, 9.17) is 16.3 Å². The maximum Gasteiger partial charge on any atom is 0.307 e. The third-order valence-electron chi connectivity index (χ3n) is 8.84. The van der Waals surface area contributed by atoms with Crippen molar-refractivity contribution in [2.45, 2.75) is 51.1 Å². The number of carboxylic acid groups (broad SMARTS) is 1. The summed E-state index contributed by atoms with van der Waals surface area (Å²) in [5, 5.41) is 10.7. The van der Waals surface area contributed by atoms with Crippen molar-refractivity contribution in [3.05, 3.63) is 74.5 Å². The molecule has 0 aromatic heterocycles. The highest BCUT2D eigenvalue weighted by Gasteiger charge is 2.44. The third-order valence-corrected chi connectivity index (χ3v) is 9.59. The highest BCUT2D eigenvalue weighted by molar-refractivity contribution is 9.10. The van der Waals surface area contributed by atoms with Gasteiger partial charge in [-0.25, -0.2) is 14.6 Å². The van der Waals surface area contributed by atoms with Crippen molar-refractivity contribution < 1.29 is 33.0 Å². The molecule has 2 aromatic carbocycles. The number of alkyl halides is 2. The van der Waals surface area contributed by atoms with Gasteiger partial charge in [0.1, 0.15) is 18.1 Å². The topological polar surface area (TPSA) is 142 Å². The fraction of sp³-hybridized carbons (Fsp3) is 0.452. The summed E-state index contributed by atoms with van der Waals surface area (Å²) in [7, 11) is 1.26. The molecule has 236 valence electrons. The highest BCUT2D eigenvalue weighted by atomic mass is 79.9. The van der Waals surface area contributed by atoms with Crippen LogP contribution in [-0.4, -0.2) is 70.9 Å². The molecule has 5 N–H and O–H groups in total. The fourth-order valence-corrected chi connectivity index (χ4v) is 7.26. The lowest BCUT2D eigenvalue weighted by Gasteiger charge is -2.43. The Morgan fingerprint density at radius 2 is 1.86 bits per heavy atom. The zero-order valence-electron chi connectivity index (χ0n) is 24.3. The number of hydrogen-bond donors (Lipinski definition) is 3. The monoisotopic (exact) mass is 675 g/mol. The van der Waals surface area contributed by atoms with Crippen LogP contribution < -0.4 is 16.3 Å². The molecule has 2 amide bonds. The second-order valence-corrected chi connectivity index (χ2v) is 12.4. The smallest absolute Gasteiger partial charge is 0.307 e. The van der Waals surface area contributed by atoms with Gasteiger partial charge in [-0.15, -0.1) is 0 Å². The molecule has 44 heavy (non-hydrogen) atoms. The predicted octanol–water partition coefficient (Wildman–Crippen LogP) is 4.04. The Kier molecular flexibility index (Phi) is 9.45. The van der Waals surface area contributed by atoms with Crippen molar-refractivity contribution in [1.82, 2.24) is 14.8 Å². The normalized spacial score (nSPS) is 22.0. The number of rotatable bonds is 9. The van der Waals surface area contributed by atoms with Crippen LogP contribution in [0.25, 0.3) is 0 Å². The number of benzene rings is 2. The second kappa shape index (κ2) is 13.1. The molecule has 0 spiro atoms. The number of nitrogens with two attached hydrogens (primary N) is 2. The number of ether oxygens (including phenoxy) is 1. The van der Waals surface area contributed by atoms with E-state index >= 15 is 0 Å². The van der Waals surface area contributed by atoms with Gasteiger partial charge in [-0.2, -0.15) is 0 Å². The first-order valence-electron chi connectivity index (χ1n) is 14.6. The lowest BCUT2D eigenvalue weighted by atomic mass is 9.77. The molecule has 3 aliphatic rings. The summed E-state index contributed by atoms with van der Waals surface area (Å²) in [5.74, 6) is 2.99. The van der Waals surface area contributed by atoms with E-state index in [0.29, 0.717) is 49.2 Å². The number of fused-ring (bicyclic) bond motifs is 2. The summed E-state index contributed by atoms with van der Waals surface area (Å²) >= 11 is 3.62. The van der Waals surface area contributed by atoms with E-state index in [0.717, 1.165) is 33.5 Å². The van der Waals surface area contributed by atoms with Crippen molar-refractivity contribution in [2.24, 2.45) is 23.4 Å². The molecule has 13 heteroatoms. The average molecular weight is 677 g/mol. The summed E-state index contributed by atoms with van der Waals surface area (Å²) in [6, 6.07) is 10.1. The number of carboxylic acids is 1. The molecule has 2 heterocycles. The minimum absolute atomic E-state index is 0.128. The lowest BCUT2D eigenvalue weighted by Crippen LogP contribution is -2.50. The molecule has 0 unspecified atom stereocenters. The number of aliphatic carboxylic acids is 1. The fourth-order valence-electron chi connectivity index (χ4n) is 6.72. The number of hydrazine groups is 1. The maximum absolute atomic E-state index is 14.2. The van der Waals surface area contributed by atoms with Crippen LogP contribution in [0.2, 0.25) is 0 Å². The van der Waals surface area contributed by atoms with E-state index in [9.17, 15) is 28.3 Å². The third kappa shape index (κ3) is 6.12. The largest absolute Gasteiger partial charge is 0.487 e. The van der Waals surface area contributed by atoms with E-state index in [1.54, 1.807) is 34.1 Å². The van der Waals surface area contributed by atoms with Crippen LogP contribution in [0, 0.1) is 11.8 Å². The van der Waals surface area contributed by atoms with Gasteiger partial charge in [0.15, 0.2) is 0 Å². The van der Waals surface area contributed by atoms with Gasteiger partial charge in [-0.05, 0) is 48.6 Å². The molecule has 0 radical (unpaired) electrons. The highest BCUT2D eigenvalue weighted by Crippen LogP contribution is 2.43. The van der Waals surface area contributed by atoms with E-state index in [2.05, 4.69) is 15.9 Å². The van der Waals surface area contributed by atoms with Crippen LogP contribution in [0.1, 0.15) is 58.8 Å². The molecular formula is C31H36BrF2N5O5. The molecule has 1 saturated carbocycles. The summed E-state index contributed by atoms with van der Waals surface area (Å²) in [4.78, 5) is 43.2. The first-order valence-corrected chi connectivity index (χ1v) is 15.4. The molecule has 2 aromatic rings. The van der Waals surface area contributed by atoms with Gasteiger partial charge in [0, 0.05) is 42.3 Å². The number of carbonyl (C=O) groups is 3. The zero-order valence-corrected chi connectivity index (χ0v) is 25.9. The van der Waals surface area contributed by atoms with Gasteiger partial charge in [0.05, 0.1) is 23.6 Å². The molecular weight excluding hydrogens is 640 g/mol. The summed E-state index contributed by atoms with van der Waals surface area (Å²) in [6.45, 7) is 0.396. The molecule has 5 rings (SSSR count). The number of allylic oxidation sites excluding steroid dienone is 1. The van der Waals surface area contributed by atoms with Crippen LogP contribution in [-0.2, 0) is 22.6 Å². The molecule has 1 fully saturated rings. The molecule has 2 aliphatic heterocycles. The van der Waals surface area contributed by atoms with E-state index in [-0.39, 0.29) is 24.1 Å². The Bertz CT molecular complexity index is 1480. The summed E-state index contributed by atoms with van der Waals surface area (Å²) < 4.78 is 34.1. The van der Waals surface area contributed by atoms with E-state index in [1.807, 2.05) is 12.1 Å². The van der Waals surface area contributed by atoms with Crippen LogP contribution >= 0.6 is 15.9 Å². The zero-order chi connectivity index (χ0) is 31.7. The Hall–Kier alpha value is -3.71. The van der Waals surface area contributed by atoms with Crippen LogP contribution in [0.5, 0.6) is 5.75 Å². The standard InChI is InChI=1S/C31H36BrF2N5O5/c1-37(36)27(28(33)34)23(35)16-44-25-11-10-22(32)21-12-13-39(30(41)19-8-4-5-9-20(19)31(42)43)24(26(21)25)15-38-14-17-6-2-3-7-18(17)29(38)40/h2-3,6-7,10-11,19-20,24,28H,4-5,8-9,12-16,35-36H2,1H3,(H,42,43)/b27-23-/t19-,20+,24-/m1/s1. The Labute approximate surface area is 262 Å². The van der Waals surface area contributed by atoms with Crippen molar-refractivity contribution >= 4 is 33.7 Å². The lowest BCUT2D eigenvalue weighted by molar-refractivity contribution is -0.153. The number of amides is 2. The Morgan fingerprint density at radius 3 is 2.52 bits per heavy atom. The minimum atomic E-state index is -2.92. The maximum atomic E-state index is 14.2. The number of carbonyl (C=O) groups excluding carboxylic acids is 2. The number of nitrogens with zero attached hydrogens (tertiary/aromatic N) is 3. The van der Waals surface area contributed by atoms with Crippen LogP contribution in [0.15, 0.2) is 52.3 Å². The van der Waals surface area contributed by atoms with Crippen LogP contribution in [0.4, 0.5) is 8.78 Å². The number of halogens is 3. The SMILES string of the molecule is CN(N)/C(=C(\N)COc1ccc(Br)c2c1[C@@H](CN1Cc3ccccc3C1=O)N(C(=O)[C@@H]1CCCC[C@@H]1C(=O)O)CC2)C(F)F. The van der Waals surface area contributed by atoms with Gasteiger partial charge >= 0.3 is 5.97 Å². The first-order chi connectivity index (χ1) is 21.0. The van der Waals surface area contributed by atoms with Gasteiger partial charge in [0.25, 0.3) is 12.3 Å². The molecule has 10 nitrogen and oxygen atoms in total. The van der Waals surface area contributed by atoms with Gasteiger partial charge in [-0.1, -0.05) is 47.0 Å². The molecule has 1 aliphatic carbocycles. The van der Waals surface area contributed by atoms with Gasteiger partial charge in [-0.3, -0.25) is 14.4 Å². The Balaban J connectivity index is 1.55. The van der Waals surface area contributed by atoms with Gasteiger partial charge < -0.3 is 30.4 Å².